The van der Waals surface area contributed by atoms with E-state index in [4.69, 9.17) is 5.73 Å². The van der Waals surface area contributed by atoms with Gasteiger partial charge in [-0.3, -0.25) is 9.59 Å². The lowest BCUT2D eigenvalue weighted by Crippen LogP contribution is -2.24. The lowest BCUT2D eigenvalue weighted by molar-refractivity contribution is -0.118. The Morgan fingerprint density at radius 2 is 1.85 bits per heavy atom. The summed E-state index contributed by atoms with van der Waals surface area (Å²) in [5.41, 5.74) is 2.85. The van der Waals surface area contributed by atoms with Crippen LogP contribution in [0.5, 0.6) is 5.75 Å². The predicted octanol–water partition coefficient (Wildman–Crippen LogP) is 1.29. The fourth-order valence-corrected chi connectivity index (χ4v) is 2.49. The maximum absolute atomic E-state index is 13.6. The minimum Gasteiger partial charge on any atom is -0.506 e. The molecule has 0 aliphatic heterocycles. The highest BCUT2D eigenvalue weighted by Crippen LogP contribution is 2.34. The van der Waals surface area contributed by atoms with Crippen molar-refractivity contribution in [3.05, 3.63) is 62.8 Å². The number of carbonyl (C=O) groups excluding carboxylic acids is 2. The van der Waals surface area contributed by atoms with Gasteiger partial charge >= 0.3 is 5.97 Å². The number of esters is 1. The van der Waals surface area contributed by atoms with E-state index in [1.54, 1.807) is 0 Å². The number of benzene rings is 1. The smallest absolute Gasteiger partial charge is 0.343 e. The highest BCUT2D eigenvalue weighted by Gasteiger charge is 2.28. The fourth-order valence-electron chi connectivity index (χ4n) is 2.49. The molecule has 0 unspecified atom stereocenters. The van der Waals surface area contributed by atoms with Gasteiger partial charge in [0, 0.05) is 18.5 Å². The molecule has 0 aliphatic carbocycles. The maximum Gasteiger partial charge on any atom is 0.343 e. The van der Waals surface area contributed by atoms with Crippen LogP contribution in [-0.4, -0.2) is 29.1 Å². The average Bonchev–Trinajstić information content (AvgIpc) is 2.57. The van der Waals surface area contributed by atoms with Crippen LogP contribution in [-0.2, 0) is 9.53 Å². The van der Waals surface area contributed by atoms with E-state index in [-0.39, 0.29) is 5.56 Å². The molecule has 7 nitrogen and oxygen atoms in total. The molecule has 0 saturated carbocycles. The number of H-pyrrole nitrogens is 1. The van der Waals surface area contributed by atoms with Crippen molar-refractivity contribution in [1.29, 1.82) is 0 Å². The summed E-state index contributed by atoms with van der Waals surface area (Å²) in [6.07, 6.45) is 0.228. The van der Waals surface area contributed by atoms with Crippen molar-refractivity contribution in [2.75, 3.05) is 7.11 Å². The Hall–Kier alpha value is -3.30. The van der Waals surface area contributed by atoms with E-state index in [0.29, 0.717) is 12.1 Å². The Morgan fingerprint density at radius 1 is 1.27 bits per heavy atom. The standard InChI is InChI=1S/C16H13F3N2O5/c1-26-16(25)8-5-21-15(24)12(14(8)23)7(4-11(20)22)6-2-9(17)13(19)10(18)3-6/h2-3,5,7H,4H2,1H3,(H2,20,22)(H2,21,23,24)/t7-/m1/s1. The molecule has 1 aromatic heterocycles. The van der Waals surface area contributed by atoms with Gasteiger partial charge in [0.1, 0.15) is 11.3 Å². The topological polar surface area (TPSA) is 122 Å². The largest absolute Gasteiger partial charge is 0.506 e. The number of rotatable bonds is 5. The van der Waals surface area contributed by atoms with Crippen molar-refractivity contribution >= 4 is 11.9 Å². The molecule has 1 heterocycles. The van der Waals surface area contributed by atoms with E-state index >= 15 is 0 Å². The number of aromatic amines is 1. The third kappa shape index (κ3) is 3.53. The van der Waals surface area contributed by atoms with Crippen LogP contribution in [0.15, 0.2) is 23.1 Å². The number of aromatic nitrogens is 1. The van der Waals surface area contributed by atoms with Crippen LogP contribution < -0.4 is 11.3 Å². The Kier molecular flexibility index (Phi) is 5.34. The summed E-state index contributed by atoms with van der Waals surface area (Å²) in [6, 6.07) is 1.13. The van der Waals surface area contributed by atoms with Crippen molar-refractivity contribution in [2.45, 2.75) is 12.3 Å². The summed E-state index contributed by atoms with van der Waals surface area (Å²) >= 11 is 0. The van der Waals surface area contributed by atoms with E-state index in [1.165, 1.54) is 0 Å². The summed E-state index contributed by atoms with van der Waals surface area (Å²) in [7, 11) is 1.03. The Labute approximate surface area is 144 Å². The van der Waals surface area contributed by atoms with Gasteiger partial charge in [0.05, 0.1) is 12.7 Å². The van der Waals surface area contributed by atoms with E-state index < -0.39 is 64.1 Å². The van der Waals surface area contributed by atoms with Crippen LogP contribution in [0.2, 0.25) is 0 Å². The molecule has 10 heteroatoms. The van der Waals surface area contributed by atoms with Crippen molar-refractivity contribution in [1.82, 2.24) is 4.98 Å². The number of carbonyl (C=O) groups is 2. The number of aromatic hydroxyl groups is 1. The van der Waals surface area contributed by atoms with Crippen LogP contribution in [0, 0.1) is 17.5 Å². The summed E-state index contributed by atoms with van der Waals surface area (Å²) in [5.74, 6) is -9.13. The molecule has 0 aliphatic rings. The number of pyridine rings is 1. The molecule has 2 rings (SSSR count). The molecule has 1 atom stereocenters. The molecule has 1 aromatic carbocycles. The second-order valence-electron chi connectivity index (χ2n) is 5.31. The van der Waals surface area contributed by atoms with E-state index in [2.05, 4.69) is 9.72 Å². The summed E-state index contributed by atoms with van der Waals surface area (Å²) in [4.78, 5) is 37.3. The SMILES string of the molecule is COC(=O)c1c[nH]c(=O)c([C@H](CC(N)=O)c2cc(F)c(F)c(F)c2)c1O. The second-order valence-corrected chi connectivity index (χ2v) is 5.31. The Bertz CT molecular complexity index is 919. The van der Waals surface area contributed by atoms with Gasteiger partial charge in [-0.25, -0.2) is 18.0 Å². The molecule has 0 radical (unpaired) electrons. The first-order chi connectivity index (χ1) is 12.2. The zero-order chi connectivity index (χ0) is 19.6. The molecule has 26 heavy (non-hydrogen) atoms. The Balaban J connectivity index is 2.75. The normalized spacial score (nSPS) is 11.8. The summed E-state index contributed by atoms with van der Waals surface area (Å²) < 4.78 is 44.8. The second kappa shape index (κ2) is 7.30. The van der Waals surface area contributed by atoms with Crippen LogP contribution in [0.3, 0.4) is 0 Å². The van der Waals surface area contributed by atoms with Gasteiger partial charge in [-0.05, 0) is 17.7 Å². The predicted molar refractivity (Wildman–Crippen MR) is 82.0 cm³/mol. The number of halogens is 3. The minimum atomic E-state index is -1.74. The van der Waals surface area contributed by atoms with Gasteiger partial charge in [0.25, 0.3) is 5.56 Å². The number of methoxy groups -OCH3 is 1. The molecule has 2 aromatic rings. The zero-order valence-corrected chi connectivity index (χ0v) is 13.3. The van der Waals surface area contributed by atoms with Crippen LogP contribution in [0.25, 0.3) is 0 Å². The zero-order valence-electron chi connectivity index (χ0n) is 13.3. The fraction of sp³-hybridized carbons (Fsp3) is 0.188. The first-order valence-electron chi connectivity index (χ1n) is 7.13. The van der Waals surface area contributed by atoms with Gasteiger partial charge in [-0.2, -0.15) is 0 Å². The molecule has 4 N–H and O–H groups in total. The van der Waals surface area contributed by atoms with Gasteiger partial charge in [0.2, 0.25) is 5.91 Å². The van der Waals surface area contributed by atoms with Gasteiger partial charge in [-0.1, -0.05) is 0 Å². The molecule has 0 spiro atoms. The number of amides is 1. The maximum atomic E-state index is 13.6. The molecule has 0 bridgehead atoms. The van der Waals surface area contributed by atoms with E-state index in [0.717, 1.165) is 13.3 Å². The number of hydrogen-bond acceptors (Lipinski definition) is 5. The average molecular weight is 370 g/mol. The highest BCUT2D eigenvalue weighted by atomic mass is 19.2. The quantitative estimate of drug-likeness (QED) is 0.541. The molecular weight excluding hydrogens is 357 g/mol. The third-order valence-electron chi connectivity index (χ3n) is 3.67. The van der Waals surface area contributed by atoms with Gasteiger partial charge < -0.3 is 20.6 Å². The minimum absolute atomic E-state index is 0.331. The van der Waals surface area contributed by atoms with Crippen molar-refractivity contribution in [3.8, 4) is 5.75 Å². The summed E-state index contributed by atoms with van der Waals surface area (Å²) in [5, 5.41) is 10.3. The number of hydrogen-bond donors (Lipinski definition) is 3. The monoisotopic (exact) mass is 370 g/mol. The highest BCUT2D eigenvalue weighted by molar-refractivity contribution is 5.92. The molecular formula is C16H13F3N2O5. The third-order valence-corrected chi connectivity index (χ3v) is 3.67. The summed E-state index contributed by atoms with van der Waals surface area (Å²) in [6.45, 7) is 0. The van der Waals surface area contributed by atoms with Gasteiger partial charge in [0.15, 0.2) is 17.5 Å². The number of ether oxygens (including phenoxy) is 1. The molecule has 138 valence electrons. The van der Waals surface area contributed by atoms with Crippen molar-refractivity contribution < 1.29 is 32.6 Å². The van der Waals surface area contributed by atoms with Crippen LogP contribution >= 0.6 is 0 Å². The first kappa shape index (κ1) is 19.0. The lowest BCUT2D eigenvalue weighted by Gasteiger charge is -2.18. The Morgan fingerprint density at radius 3 is 2.35 bits per heavy atom. The molecule has 0 saturated heterocycles. The van der Waals surface area contributed by atoms with Crippen molar-refractivity contribution in [3.63, 3.8) is 0 Å². The number of nitrogens with one attached hydrogen (secondary N) is 1. The van der Waals surface area contributed by atoms with Crippen LogP contribution in [0.1, 0.15) is 33.8 Å². The van der Waals surface area contributed by atoms with E-state index in [9.17, 15) is 32.7 Å². The van der Waals surface area contributed by atoms with Crippen molar-refractivity contribution in [2.24, 2.45) is 5.73 Å². The van der Waals surface area contributed by atoms with Crippen LogP contribution in [0.4, 0.5) is 13.2 Å². The molecule has 0 fully saturated rings. The first-order valence-corrected chi connectivity index (χ1v) is 7.13. The van der Waals surface area contributed by atoms with E-state index in [1.807, 2.05) is 0 Å². The molecule has 1 amide bonds. The lowest BCUT2D eigenvalue weighted by atomic mass is 9.87. The number of primary amides is 1. The van der Waals surface area contributed by atoms with Gasteiger partial charge in [-0.15, -0.1) is 0 Å². The number of nitrogens with two attached hydrogens (primary N) is 1.